The van der Waals surface area contributed by atoms with Crippen molar-refractivity contribution in [2.45, 2.75) is 16.7 Å². The van der Waals surface area contributed by atoms with Crippen molar-refractivity contribution in [3.63, 3.8) is 0 Å². The Morgan fingerprint density at radius 1 is 1.43 bits per heavy atom. The van der Waals surface area contributed by atoms with E-state index in [-0.39, 0.29) is 23.8 Å². The number of β-lactam (4-membered cyclic amide) rings is 1. The highest BCUT2D eigenvalue weighted by Crippen LogP contribution is 2.40. The predicted octanol–water partition coefficient (Wildman–Crippen LogP) is 1.23. The van der Waals surface area contributed by atoms with Crippen molar-refractivity contribution in [3.05, 3.63) is 30.3 Å². The molecule has 0 aliphatic carbocycles. The lowest BCUT2D eigenvalue weighted by Gasteiger charge is -2.41. The number of ether oxygens (including phenoxy) is 1. The molecule has 0 bridgehead atoms. The maximum absolute atomic E-state index is 12.0. The molecule has 2 fully saturated rings. The van der Waals surface area contributed by atoms with Gasteiger partial charge < -0.3 is 15.0 Å². The van der Waals surface area contributed by atoms with Gasteiger partial charge in [-0.15, -0.1) is 11.8 Å². The number of fused-ring (bicyclic) bond motifs is 1. The third kappa shape index (κ3) is 3.03. The molecule has 1 aromatic carbocycles. The normalized spacial score (nSPS) is 27.0. The fourth-order valence-corrected chi connectivity index (χ4v) is 4.48. The quantitative estimate of drug-likeness (QED) is 0.625. The van der Waals surface area contributed by atoms with Gasteiger partial charge in [0, 0.05) is 17.1 Å². The zero-order valence-electron chi connectivity index (χ0n) is 11.2. The van der Waals surface area contributed by atoms with E-state index in [9.17, 15) is 9.59 Å². The minimum absolute atomic E-state index is 0.00371. The number of alkyl halides is 1. The first-order valence-electron chi connectivity index (χ1n) is 6.68. The maximum Gasteiger partial charge on any atom is 0.258 e. The van der Waals surface area contributed by atoms with Crippen molar-refractivity contribution in [2.75, 3.05) is 18.5 Å². The number of amides is 2. The zero-order valence-corrected chi connectivity index (χ0v) is 13.6. The second-order valence-corrected chi connectivity index (χ2v) is 7.01. The average molecular weight is 371 g/mol. The van der Waals surface area contributed by atoms with Gasteiger partial charge in [-0.3, -0.25) is 9.59 Å². The van der Waals surface area contributed by atoms with Crippen LogP contribution in [0.15, 0.2) is 30.3 Å². The van der Waals surface area contributed by atoms with Gasteiger partial charge in [-0.2, -0.15) is 0 Å². The van der Waals surface area contributed by atoms with E-state index in [4.69, 9.17) is 4.74 Å². The van der Waals surface area contributed by atoms with Gasteiger partial charge in [-0.25, -0.2) is 0 Å². The monoisotopic (exact) mass is 370 g/mol. The van der Waals surface area contributed by atoms with Crippen LogP contribution in [0.5, 0.6) is 5.75 Å². The number of thioether (sulfide) groups is 1. The van der Waals surface area contributed by atoms with Gasteiger partial charge in [-0.1, -0.05) is 34.1 Å². The summed E-state index contributed by atoms with van der Waals surface area (Å²) in [5.74, 6) is 0.382. The lowest BCUT2D eigenvalue weighted by molar-refractivity contribution is -0.147. The summed E-state index contributed by atoms with van der Waals surface area (Å²) in [5.41, 5.74) is 0. The first kappa shape index (κ1) is 14.7. The van der Waals surface area contributed by atoms with Crippen LogP contribution in [0.4, 0.5) is 0 Å². The molecule has 2 amide bonds. The van der Waals surface area contributed by atoms with Gasteiger partial charge in [0.15, 0.2) is 6.61 Å². The van der Waals surface area contributed by atoms with E-state index >= 15 is 0 Å². The summed E-state index contributed by atoms with van der Waals surface area (Å²) in [6, 6.07) is 8.73. The van der Waals surface area contributed by atoms with Crippen molar-refractivity contribution < 1.29 is 14.3 Å². The molecule has 2 saturated heterocycles. The Morgan fingerprint density at radius 2 is 2.19 bits per heavy atom. The summed E-state index contributed by atoms with van der Waals surface area (Å²) < 4.78 is 5.37. The molecule has 7 heteroatoms. The fourth-order valence-electron chi connectivity index (χ4n) is 2.43. The number of nitrogens with zero attached hydrogens (tertiary/aromatic N) is 1. The molecular formula is C14H15BrN2O3S. The summed E-state index contributed by atoms with van der Waals surface area (Å²) >= 11 is 5.17. The smallest absolute Gasteiger partial charge is 0.258 e. The Labute approximate surface area is 135 Å². The van der Waals surface area contributed by atoms with Gasteiger partial charge in [0.2, 0.25) is 5.91 Å². The van der Waals surface area contributed by atoms with Crippen LogP contribution in [-0.4, -0.2) is 51.9 Å². The molecule has 0 aromatic heterocycles. The minimum Gasteiger partial charge on any atom is -0.484 e. The summed E-state index contributed by atoms with van der Waals surface area (Å²) in [4.78, 5) is 25.7. The van der Waals surface area contributed by atoms with Gasteiger partial charge in [0.1, 0.15) is 17.2 Å². The van der Waals surface area contributed by atoms with Crippen LogP contribution in [0.25, 0.3) is 0 Å². The van der Waals surface area contributed by atoms with Crippen molar-refractivity contribution in [1.82, 2.24) is 10.2 Å². The first-order valence-corrected chi connectivity index (χ1v) is 8.74. The van der Waals surface area contributed by atoms with E-state index < -0.39 is 6.04 Å². The predicted molar refractivity (Wildman–Crippen MR) is 84.5 cm³/mol. The molecule has 5 nitrogen and oxygen atoms in total. The Hall–Kier alpha value is -1.21. The number of halogens is 1. The Morgan fingerprint density at radius 3 is 2.90 bits per heavy atom. The number of hydrogen-bond acceptors (Lipinski definition) is 4. The summed E-state index contributed by atoms with van der Waals surface area (Å²) in [7, 11) is 0. The van der Waals surface area contributed by atoms with Gasteiger partial charge in [0.25, 0.3) is 5.91 Å². The van der Waals surface area contributed by atoms with E-state index in [1.807, 2.05) is 23.1 Å². The van der Waals surface area contributed by atoms with Crippen molar-refractivity contribution in [2.24, 2.45) is 0 Å². The Kier molecular flexibility index (Phi) is 4.40. The van der Waals surface area contributed by atoms with Crippen LogP contribution in [0, 0.1) is 0 Å². The lowest BCUT2D eigenvalue weighted by atomic mass is 10.1. The first-order chi connectivity index (χ1) is 10.2. The molecule has 1 N–H and O–H groups in total. The van der Waals surface area contributed by atoms with Crippen molar-refractivity contribution in [1.29, 1.82) is 0 Å². The fraction of sp³-hybridized carbons (Fsp3) is 0.429. The summed E-state index contributed by atoms with van der Waals surface area (Å²) in [5, 5.41) is 4.09. The molecule has 2 aliphatic heterocycles. The number of para-hydroxylation sites is 1. The highest BCUT2D eigenvalue weighted by Gasteiger charge is 2.53. The minimum atomic E-state index is -0.411. The third-order valence-corrected chi connectivity index (χ3v) is 6.19. The topological polar surface area (TPSA) is 58.6 Å². The van der Waals surface area contributed by atoms with E-state index in [1.54, 1.807) is 23.9 Å². The van der Waals surface area contributed by atoms with Crippen molar-refractivity contribution in [3.8, 4) is 5.75 Å². The SMILES string of the molecule is O=C(COc1ccccc1)NC1C(=O)N2C[C@H](CBr)S[C@H]12. The van der Waals surface area contributed by atoms with Crippen LogP contribution < -0.4 is 10.1 Å². The third-order valence-electron chi connectivity index (χ3n) is 3.48. The van der Waals surface area contributed by atoms with Gasteiger partial charge >= 0.3 is 0 Å². The molecule has 2 aliphatic rings. The Balaban J connectivity index is 1.48. The van der Waals surface area contributed by atoms with E-state index in [0.29, 0.717) is 11.0 Å². The molecule has 3 rings (SSSR count). The van der Waals surface area contributed by atoms with Gasteiger partial charge in [-0.05, 0) is 12.1 Å². The van der Waals surface area contributed by atoms with Gasteiger partial charge in [0.05, 0.1) is 0 Å². The molecule has 112 valence electrons. The second kappa shape index (κ2) is 6.27. The average Bonchev–Trinajstić information content (AvgIpc) is 2.91. The van der Waals surface area contributed by atoms with E-state index in [2.05, 4.69) is 21.2 Å². The molecule has 0 saturated carbocycles. The largest absolute Gasteiger partial charge is 0.484 e. The summed E-state index contributed by atoms with van der Waals surface area (Å²) in [6.45, 7) is 0.680. The molecule has 21 heavy (non-hydrogen) atoms. The van der Waals surface area contributed by atoms with Crippen LogP contribution in [0.2, 0.25) is 0 Å². The molecule has 1 unspecified atom stereocenters. The number of rotatable bonds is 5. The number of hydrogen-bond donors (Lipinski definition) is 1. The summed E-state index contributed by atoms with van der Waals surface area (Å²) in [6.07, 6.45) is 0. The van der Waals surface area contributed by atoms with E-state index in [1.165, 1.54) is 0 Å². The number of benzene rings is 1. The zero-order chi connectivity index (χ0) is 14.8. The molecule has 0 radical (unpaired) electrons. The molecule has 0 spiro atoms. The number of carbonyl (C=O) groups excluding carboxylic acids is 2. The number of carbonyl (C=O) groups is 2. The molecule has 2 heterocycles. The van der Waals surface area contributed by atoms with E-state index in [0.717, 1.165) is 11.9 Å². The molecule has 1 aromatic rings. The number of nitrogens with one attached hydrogen (secondary N) is 1. The van der Waals surface area contributed by atoms with Crippen LogP contribution in [-0.2, 0) is 9.59 Å². The van der Waals surface area contributed by atoms with Crippen LogP contribution in [0.3, 0.4) is 0 Å². The molecule has 3 atom stereocenters. The highest BCUT2D eigenvalue weighted by molar-refractivity contribution is 9.09. The standard InChI is InChI=1S/C14H15BrN2O3S/c15-6-10-7-17-13(19)12(14(17)21-10)16-11(18)8-20-9-4-2-1-3-5-9/h1-5,10,12,14H,6-8H2,(H,16,18)/t10-,12?,14+/m0/s1. The second-order valence-electron chi connectivity index (χ2n) is 4.94. The lowest BCUT2D eigenvalue weighted by Crippen LogP contribution is -2.67. The molecular weight excluding hydrogens is 356 g/mol. The Bertz CT molecular complexity index is 542. The van der Waals surface area contributed by atoms with Crippen LogP contribution >= 0.6 is 27.7 Å². The maximum atomic E-state index is 12.0. The highest BCUT2D eigenvalue weighted by atomic mass is 79.9. The van der Waals surface area contributed by atoms with Crippen molar-refractivity contribution >= 4 is 39.5 Å². The van der Waals surface area contributed by atoms with Crippen LogP contribution in [0.1, 0.15) is 0 Å².